The summed E-state index contributed by atoms with van der Waals surface area (Å²) in [7, 11) is 0. The molecule has 0 spiro atoms. The molecule has 11 nitrogen and oxygen atoms in total. The monoisotopic (exact) mass is 500 g/mol. The third kappa shape index (κ3) is 4.37. The Morgan fingerprint density at radius 2 is 2.05 bits per heavy atom. The molecule has 2 atom stereocenters. The smallest absolute Gasteiger partial charge is 0.407 e. The van der Waals surface area contributed by atoms with E-state index in [1.54, 1.807) is 24.8 Å². The summed E-state index contributed by atoms with van der Waals surface area (Å²) in [5.74, 6) is 2.86. The van der Waals surface area contributed by atoms with Crippen molar-refractivity contribution in [2.24, 2.45) is 0 Å². The van der Waals surface area contributed by atoms with Gasteiger partial charge in [0.2, 0.25) is 0 Å². The molecule has 11 heteroatoms. The highest BCUT2D eigenvalue weighted by molar-refractivity contribution is 5.93. The molecule has 0 radical (unpaired) electrons. The fourth-order valence-electron chi connectivity index (χ4n) is 5.17. The number of hydrogen-bond acceptors (Lipinski definition) is 8. The molecule has 6 rings (SSSR count). The summed E-state index contributed by atoms with van der Waals surface area (Å²) in [6.07, 6.45) is 8.71. The zero-order chi connectivity index (χ0) is 25.4. The van der Waals surface area contributed by atoms with Crippen molar-refractivity contribution in [2.45, 2.75) is 38.3 Å². The van der Waals surface area contributed by atoms with E-state index in [0.717, 1.165) is 47.4 Å². The SMILES string of the molecule is CCCCOc1ccc2c(Nc3cnccn3)nn(-c3ccnc(N4C[C@@H]5C[C@H]4CN5C(=O)O)c3)c2c1. The largest absolute Gasteiger partial charge is 0.494 e. The van der Waals surface area contributed by atoms with Crippen molar-refractivity contribution in [3.05, 3.63) is 55.1 Å². The summed E-state index contributed by atoms with van der Waals surface area (Å²) in [5, 5.41) is 18.5. The van der Waals surface area contributed by atoms with Crippen LogP contribution in [0.3, 0.4) is 0 Å². The molecule has 1 aromatic carbocycles. The molecule has 0 unspecified atom stereocenters. The van der Waals surface area contributed by atoms with Crippen LogP contribution in [-0.4, -0.2) is 72.6 Å². The van der Waals surface area contributed by atoms with Crippen molar-refractivity contribution >= 4 is 34.4 Å². The number of ether oxygens (including phenoxy) is 1. The zero-order valence-electron chi connectivity index (χ0n) is 20.5. The molecular formula is C26H28N8O3. The fourth-order valence-corrected chi connectivity index (χ4v) is 5.17. The van der Waals surface area contributed by atoms with Gasteiger partial charge in [0.25, 0.3) is 0 Å². The predicted octanol–water partition coefficient (Wildman–Crippen LogP) is 4.07. The lowest BCUT2D eigenvalue weighted by molar-refractivity contribution is 0.137. The minimum absolute atomic E-state index is 0.00380. The Hall–Kier alpha value is -4.41. The molecule has 190 valence electrons. The van der Waals surface area contributed by atoms with Crippen molar-refractivity contribution in [3.63, 3.8) is 0 Å². The van der Waals surface area contributed by atoms with Gasteiger partial charge >= 0.3 is 6.09 Å². The standard InChI is InChI=1S/C26H28N8O3/c1-2-3-10-37-20-4-5-21-22(13-20)34(31-25(21)30-23-14-27-8-9-28-23)17-6-7-29-24(12-17)32-15-19-11-18(32)16-33(19)26(35)36/h4-9,12-14,18-19H,2-3,10-11,15-16H2,1H3,(H,35,36)(H,28,30,31)/t18-,19-/m0/s1. The van der Waals surface area contributed by atoms with E-state index < -0.39 is 6.09 Å². The van der Waals surface area contributed by atoms with E-state index >= 15 is 0 Å². The van der Waals surface area contributed by atoms with E-state index in [2.05, 4.69) is 32.1 Å². The van der Waals surface area contributed by atoms with Gasteiger partial charge in [0, 0.05) is 49.2 Å². The molecule has 4 aromatic rings. The molecule has 2 bridgehead atoms. The Morgan fingerprint density at radius 3 is 2.81 bits per heavy atom. The lowest BCUT2D eigenvalue weighted by atomic mass is 10.2. The molecule has 5 heterocycles. The number of hydrogen-bond donors (Lipinski definition) is 2. The third-order valence-corrected chi connectivity index (χ3v) is 6.98. The van der Waals surface area contributed by atoms with Gasteiger partial charge in [-0.15, -0.1) is 5.10 Å². The van der Waals surface area contributed by atoms with Crippen LogP contribution in [0.2, 0.25) is 0 Å². The van der Waals surface area contributed by atoms with Crippen LogP contribution in [0.4, 0.5) is 22.2 Å². The van der Waals surface area contributed by atoms with Crippen molar-refractivity contribution < 1.29 is 14.6 Å². The van der Waals surface area contributed by atoms with E-state index in [1.165, 1.54) is 4.90 Å². The molecule has 37 heavy (non-hydrogen) atoms. The number of nitrogens with zero attached hydrogens (tertiary/aromatic N) is 7. The number of benzene rings is 1. The first-order chi connectivity index (χ1) is 18.1. The maximum atomic E-state index is 11.5. The minimum Gasteiger partial charge on any atom is -0.494 e. The van der Waals surface area contributed by atoms with Gasteiger partial charge in [-0.25, -0.2) is 19.4 Å². The van der Waals surface area contributed by atoms with Crippen LogP contribution in [0, 0.1) is 0 Å². The minimum atomic E-state index is -0.850. The Labute approximate surface area is 213 Å². The first-order valence-corrected chi connectivity index (χ1v) is 12.5. The van der Waals surface area contributed by atoms with Crippen molar-refractivity contribution in [2.75, 3.05) is 29.9 Å². The van der Waals surface area contributed by atoms with Crippen LogP contribution >= 0.6 is 0 Å². The van der Waals surface area contributed by atoms with Crippen LogP contribution in [0.15, 0.2) is 55.1 Å². The molecule has 1 amide bonds. The average molecular weight is 501 g/mol. The summed E-state index contributed by atoms with van der Waals surface area (Å²) >= 11 is 0. The van der Waals surface area contributed by atoms with Gasteiger partial charge in [-0.1, -0.05) is 13.3 Å². The molecule has 2 saturated heterocycles. The van der Waals surface area contributed by atoms with Gasteiger partial charge in [-0.05, 0) is 31.0 Å². The lowest BCUT2D eigenvalue weighted by Crippen LogP contribution is -2.48. The highest BCUT2D eigenvalue weighted by atomic mass is 16.5. The van der Waals surface area contributed by atoms with Crippen molar-refractivity contribution in [1.29, 1.82) is 0 Å². The second kappa shape index (κ2) is 9.57. The van der Waals surface area contributed by atoms with Crippen LogP contribution in [0.25, 0.3) is 16.6 Å². The van der Waals surface area contributed by atoms with Gasteiger partial charge in [-0.2, -0.15) is 0 Å². The van der Waals surface area contributed by atoms with Crippen molar-refractivity contribution in [1.82, 2.24) is 29.6 Å². The second-order valence-corrected chi connectivity index (χ2v) is 9.36. The van der Waals surface area contributed by atoms with Gasteiger partial charge in [-0.3, -0.25) is 4.98 Å². The number of rotatable bonds is 8. The van der Waals surface area contributed by atoms with E-state index in [0.29, 0.717) is 31.3 Å². The number of carboxylic acid groups (broad SMARTS) is 1. The summed E-state index contributed by atoms with van der Waals surface area (Å²) in [6, 6.07) is 10.0. The summed E-state index contributed by atoms with van der Waals surface area (Å²) in [6.45, 7) is 3.94. The number of nitrogens with one attached hydrogen (secondary N) is 1. The molecule has 2 aliphatic rings. The highest BCUT2D eigenvalue weighted by Gasteiger charge is 2.45. The van der Waals surface area contributed by atoms with Gasteiger partial charge in [0.05, 0.1) is 36.1 Å². The highest BCUT2D eigenvalue weighted by Crippen LogP contribution is 2.35. The number of piperazine rings is 1. The van der Waals surface area contributed by atoms with E-state index in [4.69, 9.17) is 9.84 Å². The summed E-state index contributed by atoms with van der Waals surface area (Å²) < 4.78 is 7.86. The van der Waals surface area contributed by atoms with E-state index in [-0.39, 0.29) is 12.1 Å². The van der Waals surface area contributed by atoms with Crippen LogP contribution in [-0.2, 0) is 0 Å². The van der Waals surface area contributed by atoms with E-state index in [1.807, 2.05) is 35.0 Å². The first-order valence-electron chi connectivity index (χ1n) is 12.5. The summed E-state index contributed by atoms with van der Waals surface area (Å²) in [4.78, 5) is 28.3. The molecule has 0 saturated carbocycles. The Bertz CT molecular complexity index is 1430. The number of likely N-dealkylation sites (tertiary alicyclic amines) is 1. The average Bonchev–Trinajstić information content (AvgIpc) is 3.63. The Morgan fingerprint density at radius 1 is 1.14 bits per heavy atom. The van der Waals surface area contributed by atoms with Crippen LogP contribution in [0.5, 0.6) is 5.75 Å². The van der Waals surface area contributed by atoms with Crippen LogP contribution in [0.1, 0.15) is 26.2 Å². The maximum Gasteiger partial charge on any atom is 0.407 e. The van der Waals surface area contributed by atoms with Gasteiger partial charge < -0.3 is 25.0 Å². The van der Waals surface area contributed by atoms with Crippen LogP contribution < -0.4 is 15.0 Å². The molecule has 0 aliphatic carbocycles. The zero-order valence-corrected chi connectivity index (χ0v) is 20.5. The number of aromatic nitrogens is 5. The Balaban J connectivity index is 1.36. The normalized spacial score (nSPS) is 18.5. The first kappa shape index (κ1) is 23.0. The third-order valence-electron chi connectivity index (χ3n) is 6.98. The number of unbranched alkanes of at least 4 members (excludes halogenated alkanes) is 1. The number of fused-ring (bicyclic) bond motifs is 3. The van der Waals surface area contributed by atoms with Gasteiger partial charge in [0.15, 0.2) is 5.82 Å². The van der Waals surface area contributed by atoms with Crippen molar-refractivity contribution in [3.8, 4) is 11.4 Å². The van der Waals surface area contributed by atoms with Gasteiger partial charge in [0.1, 0.15) is 17.4 Å². The fraction of sp³-hybridized carbons (Fsp3) is 0.346. The van der Waals surface area contributed by atoms with E-state index in [9.17, 15) is 9.90 Å². The number of pyridine rings is 1. The summed E-state index contributed by atoms with van der Waals surface area (Å²) in [5.41, 5.74) is 1.74. The second-order valence-electron chi connectivity index (χ2n) is 9.36. The molecule has 2 fully saturated rings. The number of carbonyl (C=O) groups is 1. The number of anilines is 3. The number of amides is 1. The lowest BCUT2D eigenvalue weighted by Gasteiger charge is -2.33. The molecule has 2 aliphatic heterocycles. The Kier molecular flexibility index (Phi) is 5.95. The molecule has 3 aromatic heterocycles. The molecular weight excluding hydrogens is 472 g/mol. The quantitative estimate of drug-likeness (QED) is 0.345. The molecule has 2 N–H and O–H groups in total. The predicted molar refractivity (Wildman–Crippen MR) is 139 cm³/mol. The maximum absolute atomic E-state index is 11.5. The topological polar surface area (TPSA) is 122 Å².